The standard InChI is InChI=1S/C18H16N4O4/c1-20(2)7-8-21-17(23)11-4-6-14-15(16(11)18(21)24)12-9-10(22(25)26)3-5-13(12)19-14/h3-6,9,19H,7-8H2,1-2H3. The highest BCUT2D eigenvalue weighted by molar-refractivity contribution is 6.30. The van der Waals surface area contributed by atoms with E-state index in [9.17, 15) is 19.7 Å². The number of imide groups is 1. The van der Waals surface area contributed by atoms with Crippen LogP contribution in [0.1, 0.15) is 20.7 Å². The summed E-state index contributed by atoms with van der Waals surface area (Å²) in [4.78, 5) is 42.5. The molecule has 0 aliphatic carbocycles. The Morgan fingerprint density at radius 3 is 2.54 bits per heavy atom. The Kier molecular flexibility index (Phi) is 3.52. The zero-order chi connectivity index (χ0) is 18.6. The van der Waals surface area contributed by atoms with Gasteiger partial charge in [0.1, 0.15) is 0 Å². The first-order valence-corrected chi connectivity index (χ1v) is 8.12. The van der Waals surface area contributed by atoms with E-state index in [2.05, 4.69) is 4.98 Å². The smallest absolute Gasteiger partial charge is 0.270 e. The predicted octanol–water partition coefficient (Wildman–Crippen LogP) is 2.39. The minimum Gasteiger partial charge on any atom is -0.354 e. The third-order valence-electron chi connectivity index (χ3n) is 4.66. The summed E-state index contributed by atoms with van der Waals surface area (Å²) in [6.07, 6.45) is 0. The van der Waals surface area contributed by atoms with E-state index < -0.39 is 4.92 Å². The number of aromatic amines is 1. The van der Waals surface area contributed by atoms with Gasteiger partial charge in [-0.3, -0.25) is 24.6 Å². The minimum absolute atomic E-state index is 0.0581. The molecular formula is C18H16N4O4. The van der Waals surface area contributed by atoms with Crippen molar-refractivity contribution in [2.45, 2.75) is 0 Å². The lowest BCUT2D eigenvalue weighted by molar-refractivity contribution is -0.384. The molecule has 4 rings (SSSR count). The lowest BCUT2D eigenvalue weighted by Crippen LogP contribution is -2.35. The fraction of sp³-hybridized carbons (Fsp3) is 0.222. The lowest BCUT2D eigenvalue weighted by atomic mass is 10.0. The number of nitrogens with zero attached hydrogens (tertiary/aromatic N) is 3. The lowest BCUT2D eigenvalue weighted by Gasteiger charge is -2.16. The van der Waals surface area contributed by atoms with Gasteiger partial charge in [0.15, 0.2) is 0 Å². The van der Waals surface area contributed by atoms with Crippen molar-refractivity contribution in [1.82, 2.24) is 14.8 Å². The topological polar surface area (TPSA) is 99.6 Å². The fourth-order valence-electron chi connectivity index (χ4n) is 3.37. The number of aromatic nitrogens is 1. The molecule has 2 aromatic carbocycles. The number of carbonyl (C=O) groups excluding carboxylic acids is 2. The van der Waals surface area contributed by atoms with Crippen LogP contribution in [0.3, 0.4) is 0 Å². The quantitative estimate of drug-likeness (QED) is 0.441. The molecule has 0 bridgehead atoms. The second kappa shape index (κ2) is 5.63. The average molecular weight is 352 g/mol. The van der Waals surface area contributed by atoms with Gasteiger partial charge in [0, 0.05) is 47.0 Å². The maximum absolute atomic E-state index is 12.9. The van der Waals surface area contributed by atoms with E-state index >= 15 is 0 Å². The van der Waals surface area contributed by atoms with E-state index in [1.807, 2.05) is 19.0 Å². The first kappa shape index (κ1) is 16.2. The van der Waals surface area contributed by atoms with Crippen molar-refractivity contribution in [3.63, 3.8) is 0 Å². The molecule has 2 heterocycles. The van der Waals surface area contributed by atoms with Gasteiger partial charge in [-0.2, -0.15) is 0 Å². The number of hydrogen-bond donors (Lipinski definition) is 1. The molecule has 2 amide bonds. The van der Waals surface area contributed by atoms with Gasteiger partial charge in [0.05, 0.1) is 16.1 Å². The third kappa shape index (κ3) is 2.26. The summed E-state index contributed by atoms with van der Waals surface area (Å²) in [7, 11) is 3.74. The molecule has 3 aromatic rings. The number of nitro groups is 1. The Balaban J connectivity index is 1.93. The molecule has 1 aliphatic heterocycles. The number of nitro benzene ring substituents is 1. The highest BCUT2D eigenvalue weighted by atomic mass is 16.6. The summed E-state index contributed by atoms with van der Waals surface area (Å²) < 4.78 is 0. The molecule has 0 fully saturated rings. The third-order valence-corrected chi connectivity index (χ3v) is 4.66. The summed E-state index contributed by atoms with van der Waals surface area (Å²) in [5, 5.41) is 12.2. The van der Waals surface area contributed by atoms with Crippen molar-refractivity contribution in [3.8, 4) is 0 Å². The number of nitrogens with one attached hydrogen (secondary N) is 1. The van der Waals surface area contributed by atoms with Crippen LogP contribution in [0.15, 0.2) is 30.3 Å². The maximum Gasteiger partial charge on any atom is 0.270 e. The van der Waals surface area contributed by atoms with E-state index in [0.29, 0.717) is 46.0 Å². The van der Waals surface area contributed by atoms with Gasteiger partial charge in [-0.15, -0.1) is 0 Å². The van der Waals surface area contributed by atoms with Crippen LogP contribution in [0.4, 0.5) is 5.69 Å². The number of rotatable bonds is 4. The van der Waals surface area contributed by atoms with Gasteiger partial charge in [0.25, 0.3) is 17.5 Å². The molecule has 1 aliphatic rings. The predicted molar refractivity (Wildman–Crippen MR) is 96.4 cm³/mol. The first-order chi connectivity index (χ1) is 12.4. The number of H-pyrrole nitrogens is 1. The molecule has 1 N–H and O–H groups in total. The molecule has 132 valence electrons. The number of amides is 2. The summed E-state index contributed by atoms with van der Waals surface area (Å²) in [6, 6.07) is 7.84. The highest BCUT2D eigenvalue weighted by Gasteiger charge is 2.37. The van der Waals surface area contributed by atoms with Crippen LogP contribution in [0.25, 0.3) is 21.8 Å². The van der Waals surface area contributed by atoms with E-state index in [0.717, 1.165) is 0 Å². The first-order valence-electron chi connectivity index (χ1n) is 8.12. The van der Waals surface area contributed by atoms with Gasteiger partial charge >= 0.3 is 0 Å². The van der Waals surface area contributed by atoms with E-state index in [-0.39, 0.29) is 17.5 Å². The second-order valence-electron chi connectivity index (χ2n) is 6.59. The number of hydrogen-bond acceptors (Lipinski definition) is 5. The van der Waals surface area contributed by atoms with Gasteiger partial charge in [0.2, 0.25) is 0 Å². The van der Waals surface area contributed by atoms with Crippen molar-refractivity contribution in [2.24, 2.45) is 0 Å². The molecule has 0 saturated heterocycles. The normalized spacial score (nSPS) is 14.0. The minimum atomic E-state index is -0.474. The molecular weight excluding hydrogens is 336 g/mol. The summed E-state index contributed by atoms with van der Waals surface area (Å²) >= 11 is 0. The van der Waals surface area contributed by atoms with Gasteiger partial charge in [-0.1, -0.05) is 0 Å². The Labute approximate surface area is 148 Å². The highest BCUT2D eigenvalue weighted by Crippen LogP contribution is 2.36. The zero-order valence-corrected chi connectivity index (χ0v) is 14.3. The van der Waals surface area contributed by atoms with Crippen molar-refractivity contribution >= 4 is 39.3 Å². The Bertz CT molecular complexity index is 1100. The Morgan fingerprint density at radius 1 is 1.12 bits per heavy atom. The Hall–Kier alpha value is -3.26. The number of likely N-dealkylation sites (N-methyl/N-ethyl adjacent to an activating group) is 1. The average Bonchev–Trinajstić information content (AvgIpc) is 3.08. The van der Waals surface area contributed by atoms with Crippen molar-refractivity contribution in [2.75, 3.05) is 27.2 Å². The second-order valence-corrected chi connectivity index (χ2v) is 6.59. The van der Waals surface area contributed by atoms with Crippen LogP contribution in [-0.2, 0) is 0 Å². The maximum atomic E-state index is 12.9. The van der Waals surface area contributed by atoms with Crippen LogP contribution >= 0.6 is 0 Å². The molecule has 0 radical (unpaired) electrons. The summed E-state index contributed by atoms with van der Waals surface area (Å²) in [5.74, 6) is -0.682. The van der Waals surface area contributed by atoms with E-state index in [1.165, 1.54) is 17.0 Å². The molecule has 0 saturated carbocycles. The monoisotopic (exact) mass is 352 g/mol. The van der Waals surface area contributed by atoms with Gasteiger partial charge in [-0.05, 0) is 32.3 Å². The SMILES string of the molecule is CN(C)CCN1C(=O)c2ccc3[nH]c4ccc([N+](=O)[O-])cc4c3c2C1=O. The van der Waals surface area contributed by atoms with Crippen LogP contribution in [-0.4, -0.2) is 58.7 Å². The van der Waals surface area contributed by atoms with Crippen molar-refractivity contribution in [3.05, 3.63) is 51.6 Å². The number of non-ortho nitro benzene ring substituents is 1. The fourth-order valence-corrected chi connectivity index (χ4v) is 3.37. The summed E-state index contributed by atoms with van der Waals surface area (Å²) in [6.45, 7) is 0.858. The van der Waals surface area contributed by atoms with Crippen LogP contribution < -0.4 is 0 Å². The molecule has 1 aromatic heterocycles. The van der Waals surface area contributed by atoms with E-state index in [4.69, 9.17) is 0 Å². The number of carbonyl (C=O) groups is 2. The van der Waals surface area contributed by atoms with Gasteiger partial charge in [-0.25, -0.2) is 0 Å². The van der Waals surface area contributed by atoms with Crippen LogP contribution in [0, 0.1) is 10.1 Å². The Morgan fingerprint density at radius 2 is 1.85 bits per heavy atom. The molecule has 8 nitrogen and oxygen atoms in total. The summed E-state index contributed by atoms with van der Waals surface area (Å²) in [5.41, 5.74) is 1.96. The zero-order valence-electron chi connectivity index (χ0n) is 14.3. The largest absolute Gasteiger partial charge is 0.354 e. The van der Waals surface area contributed by atoms with E-state index in [1.54, 1.807) is 18.2 Å². The van der Waals surface area contributed by atoms with Crippen molar-refractivity contribution < 1.29 is 14.5 Å². The molecule has 0 spiro atoms. The molecule has 8 heteroatoms. The number of fused-ring (bicyclic) bond motifs is 5. The number of benzene rings is 2. The van der Waals surface area contributed by atoms with Crippen molar-refractivity contribution in [1.29, 1.82) is 0 Å². The van der Waals surface area contributed by atoms with Gasteiger partial charge < -0.3 is 9.88 Å². The molecule has 0 unspecified atom stereocenters. The van der Waals surface area contributed by atoms with Crippen LogP contribution in [0.2, 0.25) is 0 Å². The molecule has 26 heavy (non-hydrogen) atoms. The van der Waals surface area contributed by atoms with Crippen LogP contribution in [0.5, 0.6) is 0 Å². The molecule has 0 atom stereocenters.